The van der Waals surface area contributed by atoms with Crippen LogP contribution in [0.25, 0.3) is 0 Å². The average Bonchev–Trinajstić information content (AvgIpc) is 2.76. The van der Waals surface area contributed by atoms with E-state index in [0.717, 1.165) is 36.7 Å². The molecule has 0 atom stereocenters. The maximum absolute atomic E-state index is 13.9. The number of aliphatic imine (C=N–C) groups is 1. The number of nitrogens with one attached hydrogen (secondary N) is 2. The van der Waals surface area contributed by atoms with Gasteiger partial charge >= 0.3 is 0 Å². The van der Waals surface area contributed by atoms with Crippen molar-refractivity contribution >= 4 is 29.9 Å². The van der Waals surface area contributed by atoms with Gasteiger partial charge in [-0.25, -0.2) is 4.39 Å². The number of para-hydroxylation sites is 1. The molecule has 0 amide bonds. The van der Waals surface area contributed by atoms with Crippen LogP contribution in [0.1, 0.15) is 25.3 Å². The number of rotatable bonds is 8. The van der Waals surface area contributed by atoms with Crippen molar-refractivity contribution in [2.24, 2.45) is 4.99 Å². The Morgan fingerprint density at radius 1 is 1.10 bits per heavy atom. The molecule has 0 aliphatic carbocycles. The standard InChI is InChI=1S/C23H30FN3O2.HI/c1-2-25-22(26-13-16-29-21-9-4-3-5-10-21)27-18-23(11-14-28-15-12-23)19-7-6-8-20(24)17-19;/h3-10,17H,2,11-16,18H2,1H3,(H2,25,26,27);1H. The minimum atomic E-state index is -0.208. The molecule has 7 heteroatoms. The molecule has 0 saturated carbocycles. The van der Waals surface area contributed by atoms with Crippen LogP contribution in [0.5, 0.6) is 5.75 Å². The van der Waals surface area contributed by atoms with Gasteiger partial charge < -0.3 is 20.1 Å². The Kier molecular flexibility index (Phi) is 10.4. The highest BCUT2D eigenvalue weighted by Gasteiger charge is 2.34. The summed E-state index contributed by atoms with van der Waals surface area (Å²) in [7, 11) is 0. The Bertz CT molecular complexity index is 783. The zero-order chi connectivity index (χ0) is 20.4. The summed E-state index contributed by atoms with van der Waals surface area (Å²) in [5.41, 5.74) is 0.788. The zero-order valence-corrected chi connectivity index (χ0v) is 19.7. The quantitative estimate of drug-likeness (QED) is 0.235. The van der Waals surface area contributed by atoms with E-state index in [9.17, 15) is 4.39 Å². The molecular weight excluding hydrogens is 496 g/mol. The van der Waals surface area contributed by atoms with Crippen LogP contribution in [0.3, 0.4) is 0 Å². The maximum atomic E-state index is 13.9. The van der Waals surface area contributed by atoms with E-state index >= 15 is 0 Å². The van der Waals surface area contributed by atoms with Crippen LogP contribution in [-0.2, 0) is 10.2 Å². The number of halogens is 2. The molecule has 0 aromatic heterocycles. The lowest BCUT2D eigenvalue weighted by Crippen LogP contribution is -2.42. The molecule has 1 saturated heterocycles. The van der Waals surface area contributed by atoms with E-state index in [-0.39, 0.29) is 35.2 Å². The summed E-state index contributed by atoms with van der Waals surface area (Å²) in [5.74, 6) is 1.38. The Hall–Kier alpha value is -1.87. The molecule has 2 aromatic carbocycles. The van der Waals surface area contributed by atoms with Crippen LogP contribution >= 0.6 is 24.0 Å². The summed E-state index contributed by atoms with van der Waals surface area (Å²) < 4.78 is 25.1. The van der Waals surface area contributed by atoms with Gasteiger partial charge in [0.05, 0.1) is 13.1 Å². The molecule has 5 nitrogen and oxygen atoms in total. The largest absolute Gasteiger partial charge is 0.492 e. The van der Waals surface area contributed by atoms with Crippen molar-refractivity contribution < 1.29 is 13.9 Å². The summed E-state index contributed by atoms with van der Waals surface area (Å²) in [6.45, 7) is 5.89. The fourth-order valence-corrected chi connectivity index (χ4v) is 3.55. The van der Waals surface area contributed by atoms with Gasteiger partial charge in [0.1, 0.15) is 18.2 Å². The van der Waals surface area contributed by atoms with Crippen molar-refractivity contribution in [3.8, 4) is 5.75 Å². The lowest BCUT2D eigenvalue weighted by atomic mass is 9.74. The SMILES string of the molecule is CCNC(=NCC1(c2cccc(F)c2)CCOCC1)NCCOc1ccccc1.I. The lowest BCUT2D eigenvalue weighted by Gasteiger charge is -2.36. The van der Waals surface area contributed by atoms with Crippen LogP contribution in [0.15, 0.2) is 59.6 Å². The molecule has 0 radical (unpaired) electrons. The minimum Gasteiger partial charge on any atom is -0.492 e. The van der Waals surface area contributed by atoms with Crippen LogP contribution < -0.4 is 15.4 Å². The van der Waals surface area contributed by atoms with E-state index in [1.807, 2.05) is 43.3 Å². The van der Waals surface area contributed by atoms with Gasteiger partial charge in [0.25, 0.3) is 0 Å². The van der Waals surface area contributed by atoms with Gasteiger partial charge in [-0.1, -0.05) is 30.3 Å². The highest BCUT2D eigenvalue weighted by atomic mass is 127. The Labute approximate surface area is 195 Å². The van der Waals surface area contributed by atoms with Crippen molar-refractivity contribution in [3.05, 3.63) is 66.0 Å². The number of hydrogen-bond donors (Lipinski definition) is 2. The highest BCUT2D eigenvalue weighted by molar-refractivity contribution is 14.0. The molecule has 0 spiro atoms. The molecule has 1 heterocycles. The first-order chi connectivity index (χ1) is 14.2. The second kappa shape index (κ2) is 12.7. The van der Waals surface area contributed by atoms with Gasteiger partial charge in [-0.05, 0) is 49.6 Å². The van der Waals surface area contributed by atoms with Gasteiger partial charge in [-0.3, -0.25) is 4.99 Å². The topological polar surface area (TPSA) is 54.9 Å². The van der Waals surface area contributed by atoms with Crippen molar-refractivity contribution in [2.75, 3.05) is 39.5 Å². The summed E-state index contributed by atoms with van der Waals surface area (Å²) in [6, 6.07) is 16.6. The van der Waals surface area contributed by atoms with E-state index < -0.39 is 0 Å². The van der Waals surface area contributed by atoms with Gasteiger partial charge in [-0.2, -0.15) is 0 Å². The number of ether oxygens (including phenoxy) is 2. The number of guanidine groups is 1. The summed E-state index contributed by atoms with van der Waals surface area (Å²) in [5, 5.41) is 6.60. The average molecular weight is 527 g/mol. The first-order valence-electron chi connectivity index (χ1n) is 10.3. The summed E-state index contributed by atoms with van der Waals surface area (Å²) in [6.07, 6.45) is 1.66. The summed E-state index contributed by atoms with van der Waals surface area (Å²) >= 11 is 0. The maximum Gasteiger partial charge on any atom is 0.191 e. The first kappa shape index (κ1) is 24.4. The normalized spacial score (nSPS) is 15.7. The molecule has 2 aromatic rings. The Morgan fingerprint density at radius 3 is 2.57 bits per heavy atom. The minimum absolute atomic E-state index is 0. The highest BCUT2D eigenvalue weighted by Crippen LogP contribution is 2.35. The Balaban J connectivity index is 0.00000320. The van der Waals surface area contributed by atoms with Crippen LogP contribution in [-0.4, -0.2) is 45.4 Å². The van der Waals surface area contributed by atoms with Crippen LogP contribution in [0.4, 0.5) is 4.39 Å². The van der Waals surface area contributed by atoms with Crippen LogP contribution in [0.2, 0.25) is 0 Å². The predicted octanol–water partition coefficient (Wildman–Crippen LogP) is 4.13. The number of nitrogens with zero attached hydrogens (tertiary/aromatic N) is 1. The van der Waals surface area contributed by atoms with Crippen molar-refractivity contribution in [3.63, 3.8) is 0 Å². The fourth-order valence-electron chi connectivity index (χ4n) is 3.55. The van der Waals surface area contributed by atoms with E-state index in [2.05, 4.69) is 10.6 Å². The smallest absolute Gasteiger partial charge is 0.191 e. The second-order valence-corrected chi connectivity index (χ2v) is 7.19. The number of benzene rings is 2. The van der Waals surface area contributed by atoms with Crippen molar-refractivity contribution in [1.82, 2.24) is 10.6 Å². The molecule has 0 unspecified atom stereocenters. The molecular formula is C23H31FIN3O2. The van der Waals surface area contributed by atoms with E-state index in [0.29, 0.717) is 32.9 Å². The zero-order valence-electron chi connectivity index (χ0n) is 17.4. The third kappa shape index (κ3) is 7.12. The van der Waals surface area contributed by atoms with Gasteiger partial charge in [-0.15, -0.1) is 24.0 Å². The molecule has 3 rings (SSSR count). The molecule has 1 aliphatic rings. The molecule has 0 bridgehead atoms. The van der Waals surface area contributed by atoms with Gasteiger partial charge in [0.2, 0.25) is 0 Å². The van der Waals surface area contributed by atoms with Crippen molar-refractivity contribution in [1.29, 1.82) is 0 Å². The molecule has 30 heavy (non-hydrogen) atoms. The molecule has 1 aliphatic heterocycles. The number of hydrogen-bond acceptors (Lipinski definition) is 3. The van der Waals surface area contributed by atoms with E-state index in [4.69, 9.17) is 14.5 Å². The lowest BCUT2D eigenvalue weighted by molar-refractivity contribution is 0.0530. The molecule has 164 valence electrons. The Morgan fingerprint density at radius 2 is 1.87 bits per heavy atom. The van der Waals surface area contributed by atoms with Crippen molar-refractivity contribution in [2.45, 2.75) is 25.2 Å². The second-order valence-electron chi connectivity index (χ2n) is 7.19. The van der Waals surface area contributed by atoms with E-state index in [1.54, 1.807) is 12.1 Å². The third-order valence-electron chi connectivity index (χ3n) is 5.18. The summed E-state index contributed by atoms with van der Waals surface area (Å²) in [4.78, 5) is 4.82. The van der Waals surface area contributed by atoms with E-state index in [1.165, 1.54) is 6.07 Å². The fraction of sp³-hybridized carbons (Fsp3) is 0.435. The molecule has 2 N–H and O–H groups in total. The predicted molar refractivity (Wildman–Crippen MR) is 129 cm³/mol. The molecule has 1 fully saturated rings. The van der Waals surface area contributed by atoms with Gasteiger partial charge in [0, 0.05) is 25.2 Å². The third-order valence-corrected chi connectivity index (χ3v) is 5.18. The van der Waals surface area contributed by atoms with Gasteiger partial charge in [0.15, 0.2) is 5.96 Å². The monoisotopic (exact) mass is 527 g/mol. The van der Waals surface area contributed by atoms with Crippen LogP contribution in [0, 0.1) is 5.82 Å². The first-order valence-corrected chi connectivity index (χ1v) is 10.3.